The van der Waals surface area contributed by atoms with Crippen LogP contribution in [0.25, 0.3) is 0 Å². The largest absolute Gasteiger partial charge is 0.382 e. The summed E-state index contributed by atoms with van der Waals surface area (Å²) in [7, 11) is 0. The zero-order valence-electron chi connectivity index (χ0n) is 11.5. The number of hydrogen-bond donors (Lipinski definition) is 2. The smallest absolute Gasteiger partial charge is 0.224 e. The van der Waals surface area contributed by atoms with Crippen molar-refractivity contribution < 1.29 is 4.79 Å². The summed E-state index contributed by atoms with van der Waals surface area (Å²) in [4.78, 5) is 11.3. The Morgan fingerprint density at radius 1 is 1.26 bits per heavy atom. The van der Waals surface area contributed by atoms with Gasteiger partial charge in [0.05, 0.1) is 0 Å². The summed E-state index contributed by atoms with van der Waals surface area (Å²) in [6, 6.07) is 6.84. The monoisotopic (exact) mass is 258 g/mol. The van der Waals surface area contributed by atoms with Crippen molar-refractivity contribution in [2.24, 2.45) is 5.92 Å². The molecule has 0 saturated heterocycles. The van der Waals surface area contributed by atoms with Gasteiger partial charge in [-0.1, -0.05) is 12.8 Å². The van der Waals surface area contributed by atoms with Gasteiger partial charge in [0, 0.05) is 23.8 Å². The Kier molecular flexibility index (Phi) is 3.45. The first-order valence-electron chi connectivity index (χ1n) is 7.42. The molecular formula is C16H22N2O. The van der Waals surface area contributed by atoms with Gasteiger partial charge in [-0.15, -0.1) is 0 Å². The van der Waals surface area contributed by atoms with E-state index in [1.54, 1.807) is 0 Å². The van der Waals surface area contributed by atoms with E-state index in [0.29, 0.717) is 12.5 Å². The van der Waals surface area contributed by atoms with E-state index in [1.165, 1.54) is 36.9 Å². The predicted molar refractivity (Wildman–Crippen MR) is 78.4 cm³/mol. The molecule has 1 atom stereocenters. The maximum Gasteiger partial charge on any atom is 0.224 e. The second kappa shape index (κ2) is 5.24. The number of benzene rings is 1. The van der Waals surface area contributed by atoms with E-state index in [2.05, 4.69) is 29.7 Å². The molecule has 1 heterocycles. The van der Waals surface area contributed by atoms with Crippen LogP contribution in [0.1, 0.15) is 44.6 Å². The molecule has 2 N–H and O–H groups in total. The lowest BCUT2D eigenvalue weighted by Gasteiger charge is -2.23. The van der Waals surface area contributed by atoms with Gasteiger partial charge in [0.25, 0.3) is 0 Å². The lowest BCUT2D eigenvalue weighted by Crippen LogP contribution is -2.24. The summed E-state index contributed by atoms with van der Waals surface area (Å²) in [6.07, 6.45) is 6.94. The van der Waals surface area contributed by atoms with E-state index in [0.717, 1.165) is 18.0 Å². The Balaban J connectivity index is 1.70. The van der Waals surface area contributed by atoms with E-state index < -0.39 is 0 Å². The van der Waals surface area contributed by atoms with Gasteiger partial charge in [0.2, 0.25) is 5.91 Å². The molecule has 1 aliphatic carbocycles. The van der Waals surface area contributed by atoms with Crippen molar-refractivity contribution >= 4 is 17.3 Å². The quantitative estimate of drug-likeness (QED) is 0.870. The molecule has 2 aliphatic rings. The molecular weight excluding hydrogens is 236 g/mol. The van der Waals surface area contributed by atoms with Crippen LogP contribution in [-0.4, -0.2) is 11.9 Å². The fourth-order valence-corrected chi connectivity index (χ4v) is 3.31. The van der Waals surface area contributed by atoms with Crippen molar-refractivity contribution in [3.63, 3.8) is 0 Å². The Bertz CT molecular complexity index is 478. The molecule has 1 fully saturated rings. The Morgan fingerprint density at radius 2 is 2.05 bits per heavy atom. The number of nitrogens with one attached hydrogen (secondary N) is 2. The third-order valence-corrected chi connectivity index (χ3v) is 4.50. The van der Waals surface area contributed by atoms with Crippen LogP contribution in [0, 0.1) is 5.92 Å². The van der Waals surface area contributed by atoms with Crippen LogP contribution in [0.15, 0.2) is 18.2 Å². The first-order valence-corrected chi connectivity index (χ1v) is 7.42. The van der Waals surface area contributed by atoms with Gasteiger partial charge >= 0.3 is 0 Å². The van der Waals surface area contributed by atoms with E-state index in [1.807, 2.05) is 6.07 Å². The molecule has 3 rings (SSSR count). The fraction of sp³-hybridized carbons (Fsp3) is 0.562. The topological polar surface area (TPSA) is 41.1 Å². The average molecular weight is 258 g/mol. The standard InChI is InChI=1S/C16H22N2O/c1-11(12-4-2-3-5-12)17-14-7-8-15-13(10-14)6-9-16(19)18-15/h7-8,10-12,17H,2-6,9H2,1H3,(H,18,19). The van der Waals surface area contributed by atoms with E-state index >= 15 is 0 Å². The molecule has 1 amide bonds. The Hall–Kier alpha value is -1.51. The van der Waals surface area contributed by atoms with Crippen molar-refractivity contribution in [2.45, 2.75) is 51.5 Å². The maximum absolute atomic E-state index is 11.3. The van der Waals surface area contributed by atoms with Crippen LogP contribution in [0.5, 0.6) is 0 Å². The van der Waals surface area contributed by atoms with Crippen molar-refractivity contribution in [1.29, 1.82) is 0 Å². The SMILES string of the molecule is CC(Nc1ccc2c(c1)CCC(=O)N2)C1CCCC1. The number of amides is 1. The highest BCUT2D eigenvalue weighted by molar-refractivity contribution is 5.94. The second-order valence-corrected chi connectivity index (χ2v) is 5.90. The molecule has 1 unspecified atom stereocenters. The highest BCUT2D eigenvalue weighted by atomic mass is 16.1. The molecule has 0 bridgehead atoms. The second-order valence-electron chi connectivity index (χ2n) is 5.90. The van der Waals surface area contributed by atoms with Gasteiger partial charge < -0.3 is 10.6 Å². The summed E-state index contributed by atoms with van der Waals surface area (Å²) >= 11 is 0. The average Bonchev–Trinajstić information content (AvgIpc) is 2.93. The van der Waals surface area contributed by atoms with Crippen LogP contribution in [-0.2, 0) is 11.2 Å². The van der Waals surface area contributed by atoms with Crippen LogP contribution in [0.3, 0.4) is 0 Å². The minimum absolute atomic E-state index is 0.132. The van der Waals surface area contributed by atoms with Crippen LogP contribution in [0.2, 0.25) is 0 Å². The Labute approximate surface area is 114 Å². The third kappa shape index (κ3) is 2.75. The minimum atomic E-state index is 0.132. The normalized spacial score (nSPS) is 20.8. The van der Waals surface area contributed by atoms with Gasteiger partial charge in [-0.2, -0.15) is 0 Å². The number of carbonyl (C=O) groups is 1. The third-order valence-electron chi connectivity index (χ3n) is 4.50. The molecule has 1 aromatic carbocycles. The van der Waals surface area contributed by atoms with Crippen molar-refractivity contribution in [3.8, 4) is 0 Å². The molecule has 3 heteroatoms. The number of hydrogen-bond acceptors (Lipinski definition) is 2. The molecule has 102 valence electrons. The molecule has 1 aliphatic heterocycles. The number of aryl methyl sites for hydroxylation is 1. The first-order chi connectivity index (χ1) is 9.22. The van der Waals surface area contributed by atoms with Gasteiger partial charge in [0.1, 0.15) is 0 Å². The van der Waals surface area contributed by atoms with Crippen LogP contribution < -0.4 is 10.6 Å². The van der Waals surface area contributed by atoms with E-state index in [4.69, 9.17) is 0 Å². The van der Waals surface area contributed by atoms with Gasteiger partial charge in [-0.25, -0.2) is 0 Å². The van der Waals surface area contributed by atoms with Gasteiger partial charge in [0.15, 0.2) is 0 Å². The molecule has 0 spiro atoms. The number of carbonyl (C=O) groups excluding carboxylic acids is 1. The number of anilines is 2. The zero-order chi connectivity index (χ0) is 13.2. The molecule has 3 nitrogen and oxygen atoms in total. The van der Waals surface area contributed by atoms with E-state index in [9.17, 15) is 4.79 Å². The van der Waals surface area contributed by atoms with Crippen LogP contribution in [0.4, 0.5) is 11.4 Å². The van der Waals surface area contributed by atoms with Crippen molar-refractivity contribution in [1.82, 2.24) is 0 Å². The molecule has 0 radical (unpaired) electrons. The molecule has 0 aromatic heterocycles. The Morgan fingerprint density at radius 3 is 2.84 bits per heavy atom. The molecule has 1 aromatic rings. The summed E-state index contributed by atoms with van der Waals surface area (Å²) in [5.74, 6) is 0.947. The number of rotatable bonds is 3. The highest BCUT2D eigenvalue weighted by Crippen LogP contribution is 2.31. The first kappa shape index (κ1) is 12.5. The number of fused-ring (bicyclic) bond motifs is 1. The summed E-state index contributed by atoms with van der Waals surface area (Å²) in [5, 5.41) is 6.56. The summed E-state index contributed by atoms with van der Waals surface area (Å²) in [6.45, 7) is 2.29. The van der Waals surface area contributed by atoms with E-state index in [-0.39, 0.29) is 5.91 Å². The minimum Gasteiger partial charge on any atom is -0.382 e. The zero-order valence-corrected chi connectivity index (χ0v) is 11.5. The summed E-state index contributed by atoms with van der Waals surface area (Å²) in [5.41, 5.74) is 3.42. The fourth-order valence-electron chi connectivity index (χ4n) is 3.31. The molecule has 1 saturated carbocycles. The molecule has 19 heavy (non-hydrogen) atoms. The lowest BCUT2D eigenvalue weighted by molar-refractivity contribution is -0.116. The van der Waals surface area contributed by atoms with Gasteiger partial charge in [-0.05, 0) is 55.9 Å². The lowest BCUT2D eigenvalue weighted by atomic mass is 9.98. The predicted octanol–water partition coefficient (Wildman–Crippen LogP) is 3.56. The van der Waals surface area contributed by atoms with Crippen LogP contribution >= 0.6 is 0 Å². The van der Waals surface area contributed by atoms with Gasteiger partial charge in [-0.3, -0.25) is 4.79 Å². The summed E-state index contributed by atoms with van der Waals surface area (Å²) < 4.78 is 0. The maximum atomic E-state index is 11.3. The highest BCUT2D eigenvalue weighted by Gasteiger charge is 2.22. The van der Waals surface area contributed by atoms with Crippen molar-refractivity contribution in [3.05, 3.63) is 23.8 Å². The van der Waals surface area contributed by atoms with Crippen molar-refractivity contribution in [2.75, 3.05) is 10.6 Å².